The number of nitrogen functional groups attached to an aromatic ring is 1. The number of nitrogens with two attached hydrogens (primary N) is 1. The maximum absolute atomic E-state index is 6.14. The van der Waals surface area contributed by atoms with E-state index in [0.717, 1.165) is 22.9 Å². The number of nitrogens with zero attached hydrogens (tertiary/aromatic N) is 1. The highest BCUT2D eigenvalue weighted by atomic mass is 16.5. The van der Waals surface area contributed by atoms with E-state index in [4.69, 9.17) is 10.5 Å². The van der Waals surface area contributed by atoms with Crippen LogP contribution in [-0.2, 0) is 12.8 Å². The number of rotatable bonds is 1. The molecule has 24 heavy (non-hydrogen) atoms. The Morgan fingerprint density at radius 3 is 2.33 bits per heavy atom. The third-order valence-corrected chi connectivity index (χ3v) is 4.91. The average molecular weight is 314 g/mol. The topological polar surface area (TPSA) is 38.5 Å². The van der Waals surface area contributed by atoms with E-state index in [1.165, 1.54) is 35.2 Å². The van der Waals surface area contributed by atoms with Gasteiger partial charge in [0.25, 0.3) is 0 Å². The molecule has 3 nitrogen and oxygen atoms in total. The zero-order valence-corrected chi connectivity index (χ0v) is 13.5. The summed E-state index contributed by atoms with van der Waals surface area (Å²) in [7, 11) is 0. The number of fused-ring (bicyclic) bond motifs is 3. The summed E-state index contributed by atoms with van der Waals surface area (Å²) in [5.41, 5.74) is 14.0. The Labute approximate surface area is 141 Å². The molecule has 0 amide bonds. The lowest BCUT2D eigenvalue weighted by atomic mass is 9.88. The second kappa shape index (κ2) is 4.78. The smallest absolute Gasteiger partial charge is 0.153 e. The van der Waals surface area contributed by atoms with Crippen molar-refractivity contribution in [3.05, 3.63) is 71.3 Å². The molecule has 1 aliphatic heterocycles. The molecule has 0 aromatic heterocycles. The lowest BCUT2D eigenvalue weighted by Gasteiger charge is -2.34. The Bertz CT molecular complexity index is 926. The van der Waals surface area contributed by atoms with Crippen LogP contribution in [0.4, 0.5) is 22.7 Å². The van der Waals surface area contributed by atoms with E-state index >= 15 is 0 Å². The summed E-state index contributed by atoms with van der Waals surface area (Å²) in [4.78, 5) is 2.27. The molecular formula is C21H18N2O. The summed E-state index contributed by atoms with van der Waals surface area (Å²) in [6.45, 7) is 2.08. The van der Waals surface area contributed by atoms with Gasteiger partial charge in [0.05, 0.1) is 11.4 Å². The van der Waals surface area contributed by atoms with Gasteiger partial charge in [-0.1, -0.05) is 12.1 Å². The Morgan fingerprint density at radius 2 is 1.58 bits per heavy atom. The monoisotopic (exact) mass is 314 g/mol. The minimum Gasteiger partial charge on any atom is -0.453 e. The predicted molar refractivity (Wildman–Crippen MR) is 97.8 cm³/mol. The summed E-state index contributed by atoms with van der Waals surface area (Å²) >= 11 is 0. The van der Waals surface area contributed by atoms with Crippen LogP contribution in [0, 0.1) is 6.92 Å². The second-order valence-corrected chi connectivity index (χ2v) is 6.59. The maximum atomic E-state index is 6.14. The van der Waals surface area contributed by atoms with E-state index in [9.17, 15) is 0 Å². The first kappa shape index (κ1) is 13.5. The summed E-state index contributed by atoms with van der Waals surface area (Å²) < 4.78 is 6.14. The Hall–Kier alpha value is -2.94. The van der Waals surface area contributed by atoms with Gasteiger partial charge in [-0.15, -0.1) is 0 Å². The van der Waals surface area contributed by atoms with Crippen molar-refractivity contribution < 1.29 is 4.74 Å². The number of anilines is 4. The molecule has 0 saturated carbocycles. The van der Waals surface area contributed by atoms with Crippen molar-refractivity contribution in [1.29, 1.82) is 0 Å². The molecule has 0 atom stereocenters. The van der Waals surface area contributed by atoms with Crippen molar-refractivity contribution in [2.45, 2.75) is 19.8 Å². The Balaban J connectivity index is 1.74. The first-order valence-corrected chi connectivity index (χ1v) is 8.29. The zero-order valence-electron chi connectivity index (χ0n) is 13.5. The van der Waals surface area contributed by atoms with Gasteiger partial charge in [-0.3, -0.25) is 0 Å². The van der Waals surface area contributed by atoms with Gasteiger partial charge in [-0.2, -0.15) is 0 Å². The fraction of sp³-hybridized carbons (Fsp3) is 0.143. The summed E-state index contributed by atoms with van der Waals surface area (Å²) in [5, 5.41) is 0. The number of benzene rings is 3. The lowest BCUT2D eigenvalue weighted by Crippen LogP contribution is -2.17. The highest BCUT2D eigenvalue weighted by Crippen LogP contribution is 2.51. The maximum Gasteiger partial charge on any atom is 0.153 e. The molecule has 3 aromatic rings. The molecule has 5 rings (SSSR count). The van der Waals surface area contributed by atoms with Gasteiger partial charge in [0.2, 0.25) is 0 Å². The first-order chi connectivity index (χ1) is 11.7. The van der Waals surface area contributed by atoms with E-state index in [0.29, 0.717) is 5.69 Å². The van der Waals surface area contributed by atoms with E-state index in [-0.39, 0.29) is 0 Å². The van der Waals surface area contributed by atoms with Crippen LogP contribution in [-0.4, -0.2) is 0 Å². The van der Waals surface area contributed by atoms with Crippen molar-refractivity contribution in [2.24, 2.45) is 0 Å². The molecule has 2 aliphatic rings. The molecule has 0 saturated heterocycles. The largest absolute Gasteiger partial charge is 0.453 e. The van der Waals surface area contributed by atoms with Gasteiger partial charge in [-0.05, 0) is 72.9 Å². The van der Waals surface area contributed by atoms with Gasteiger partial charge < -0.3 is 15.4 Å². The highest BCUT2D eigenvalue weighted by molar-refractivity contribution is 5.87. The van der Waals surface area contributed by atoms with Gasteiger partial charge >= 0.3 is 0 Å². The summed E-state index contributed by atoms with van der Waals surface area (Å²) in [5.74, 6) is 1.67. The van der Waals surface area contributed by atoms with Crippen LogP contribution >= 0.6 is 0 Å². The van der Waals surface area contributed by atoms with Crippen LogP contribution in [0.25, 0.3) is 0 Å². The van der Waals surface area contributed by atoms with Crippen molar-refractivity contribution in [3.8, 4) is 11.5 Å². The summed E-state index contributed by atoms with van der Waals surface area (Å²) in [6, 6.07) is 18.9. The van der Waals surface area contributed by atoms with Crippen LogP contribution in [0.1, 0.15) is 16.7 Å². The lowest BCUT2D eigenvalue weighted by molar-refractivity contribution is 0.477. The third kappa shape index (κ3) is 1.91. The second-order valence-electron chi connectivity index (χ2n) is 6.59. The Kier molecular flexibility index (Phi) is 2.69. The van der Waals surface area contributed by atoms with E-state index in [2.05, 4.69) is 48.2 Å². The van der Waals surface area contributed by atoms with Gasteiger partial charge in [0, 0.05) is 17.4 Å². The number of ether oxygens (including phenoxy) is 1. The molecule has 2 N–H and O–H groups in total. The molecule has 118 valence electrons. The standard InChI is InChI=1S/C21H18N2O/c1-13-2-8-18-20(10-13)24-21-12-16(22)6-9-19(21)23(18)17-7-5-14-3-4-15(14)11-17/h2,5-12H,3-4,22H2,1H3. The molecular weight excluding hydrogens is 296 g/mol. The minimum absolute atomic E-state index is 0.710. The number of hydrogen-bond acceptors (Lipinski definition) is 3. The average Bonchev–Trinajstić information content (AvgIpc) is 2.54. The highest BCUT2D eigenvalue weighted by Gasteiger charge is 2.27. The van der Waals surface area contributed by atoms with Crippen LogP contribution in [0.15, 0.2) is 54.6 Å². The van der Waals surface area contributed by atoms with Crippen LogP contribution in [0.3, 0.4) is 0 Å². The number of hydrogen-bond donors (Lipinski definition) is 1. The molecule has 0 radical (unpaired) electrons. The molecule has 0 spiro atoms. The van der Waals surface area contributed by atoms with Gasteiger partial charge in [0.1, 0.15) is 0 Å². The fourth-order valence-electron chi connectivity index (χ4n) is 3.53. The molecule has 0 bridgehead atoms. The van der Waals surface area contributed by atoms with Gasteiger partial charge in [-0.25, -0.2) is 0 Å². The third-order valence-electron chi connectivity index (χ3n) is 4.91. The van der Waals surface area contributed by atoms with E-state index in [1.54, 1.807) is 0 Å². The van der Waals surface area contributed by atoms with Crippen molar-refractivity contribution >= 4 is 22.7 Å². The van der Waals surface area contributed by atoms with Crippen molar-refractivity contribution in [2.75, 3.05) is 10.6 Å². The molecule has 1 aliphatic carbocycles. The minimum atomic E-state index is 0.710. The fourth-order valence-corrected chi connectivity index (χ4v) is 3.53. The van der Waals surface area contributed by atoms with Crippen molar-refractivity contribution in [3.63, 3.8) is 0 Å². The molecule has 1 heterocycles. The van der Waals surface area contributed by atoms with Crippen LogP contribution in [0.2, 0.25) is 0 Å². The molecule has 3 aromatic carbocycles. The quantitative estimate of drug-likeness (QED) is 0.488. The van der Waals surface area contributed by atoms with E-state index in [1.807, 2.05) is 18.2 Å². The first-order valence-electron chi connectivity index (χ1n) is 8.29. The normalized spacial score (nSPS) is 14.1. The van der Waals surface area contributed by atoms with Crippen LogP contribution < -0.4 is 15.4 Å². The molecule has 0 unspecified atom stereocenters. The zero-order chi connectivity index (χ0) is 16.3. The van der Waals surface area contributed by atoms with Crippen LogP contribution in [0.5, 0.6) is 11.5 Å². The summed E-state index contributed by atoms with van der Waals surface area (Å²) in [6.07, 6.45) is 2.37. The molecule has 3 heteroatoms. The Morgan fingerprint density at radius 1 is 0.833 bits per heavy atom. The SMILES string of the molecule is Cc1ccc2c(c1)Oc1cc(N)ccc1N2c1ccc2c(c1)CC2. The predicted octanol–water partition coefficient (Wildman–Crippen LogP) is 5.25. The van der Waals surface area contributed by atoms with Crippen molar-refractivity contribution in [1.82, 2.24) is 0 Å². The van der Waals surface area contributed by atoms with E-state index < -0.39 is 0 Å². The van der Waals surface area contributed by atoms with Gasteiger partial charge in [0.15, 0.2) is 11.5 Å². The molecule has 0 fully saturated rings. The number of aryl methyl sites for hydroxylation is 3.